The lowest BCUT2D eigenvalue weighted by Crippen LogP contribution is -2.61. The van der Waals surface area contributed by atoms with Gasteiger partial charge in [-0.1, -0.05) is 13.8 Å². The maximum Gasteiger partial charge on any atom is 0.222 e. The van der Waals surface area contributed by atoms with Crippen molar-refractivity contribution in [3.8, 4) is 0 Å². The molecule has 0 spiro atoms. The Hall–Kier alpha value is -0.430. The van der Waals surface area contributed by atoms with Crippen LogP contribution in [0, 0.1) is 8.99 Å². The van der Waals surface area contributed by atoms with Crippen molar-refractivity contribution < 1.29 is 0 Å². The van der Waals surface area contributed by atoms with E-state index in [9.17, 15) is 0 Å². The van der Waals surface area contributed by atoms with Crippen LogP contribution in [-0.2, 0) is 0 Å². The van der Waals surface area contributed by atoms with Crippen molar-refractivity contribution in [1.29, 1.82) is 0 Å². The Morgan fingerprint density at radius 3 is 2.53 bits per heavy atom. The zero-order valence-electron chi connectivity index (χ0n) is 8.87. The molecule has 2 rings (SSSR count). The highest BCUT2D eigenvalue weighted by molar-refractivity contribution is 14.1. The van der Waals surface area contributed by atoms with Crippen molar-refractivity contribution in [3.05, 3.63) is 16.0 Å². The number of hydrogen-bond donors (Lipinski definition) is 2. The smallest absolute Gasteiger partial charge is 0.222 e. The van der Waals surface area contributed by atoms with Crippen molar-refractivity contribution in [3.63, 3.8) is 0 Å². The molecule has 1 heterocycles. The molecule has 1 aliphatic rings. The van der Waals surface area contributed by atoms with E-state index in [-0.39, 0.29) is 11.5 Å². The number of anilines is 1. The van der Waals surface area contributed by atoms with Crippen LogP contribution in [0.15, 0.2) is 12.4 Å². The van der Waals surface area contributed by atoms with E-state index in [1.165, 1.54) is 0 Å². The quantitative estimate of drug-likeness (QED) is 0.814. The number of aromatic nitrogens is 2. The van der Waals surface area contributed by atoms with Gasteiger partial charge in [0.25, 0.3) is 0 Å². The summed E-state index contributed by atoms with van der Waals surface area (Å²) in [4.78, 5) is 8.44. The highest BCUT2D eigenvalue weighted by atomic mass is 127. The first-order chi connectivity index (χ1) is 7.00. The van der Waals surface area contributed by atoms with Gasteiger partial charge in [0.05, 0.1) is 0 Å². The summed E-state index contributed by atoms with van der Waals surface area (Å²) >= 11 is 2.19. The van der Waals surface area contributed by atoms with Crippen molar-refractivity contribution in [1.82, 2.24) is 9.97 Å². The summed E-state index contributed by atoms with van der Waals surface area (Å²) in [6, 6.07) is 0.659. The first kappa shape index (κ1) is 11.1. The topological polar surface area (TPSA) is 63.8 Å². The molecule has 0 aliphatic heterocycles. The third-order valence-corrected chi connectivity index (χ3v) is 3.82. The number of rotatable bonds is 2. The van der Waals surface area contributed by atoms with Gasteiger partial charge < -0.3 is 11.1 Å². The van der Waals surface area contributed by atoms with Gasteiger partial charge in [0.2, 0.25) is 5.95 Å². The minimum atomic E-state index is 0.131. The van der Waals surface area contributed by atoms with Crippen molar-refractivity contribution in [2.75, 3.05) is 5.32 Å². The number of hydrogen-bond acceptors (Lipinski definition) is 4. The number of nitrogens with zero attached hydrogens (tertiary/aromatic N) is 2. The third kappa shape index (κ3) is 2.08. The van der Waals surface area contributed by atoms with Crippen LogP contribution in [0.1, 0.15) is 20.3 Å². The Morgan fingerprint density at radius 1 is 1.47 bits per heavy atom. The fraction of sp³-hybridized carbons (Fsp3) is 0.600. The summed E-state index contributed by atoms with van der Waals surface area (Å²) in [6.07, 6.45) is 4.60. The van der Waals surface area contributed by atoms with E-state index < -0.39 is 0 Å². The summed E-state index contributed by atoms with van der Waals surface area (Å²) in [5, 5.41) is 3.32. The molecule has 4 nitrogen and oxygen atoms in total. The molecule has 2 unspecified atom stereocenters. The van der Waals surface area contributed by atoms with Crippen molar-refractivity contribution in [2.45, 2.75) is 32.4 Å². The molecule has 2 atom stereocenters. The SMILES string of the molecule is CC1(C)C(N)CC1Nc1ncc(I)cn1. The first-order valence-corrected chi connectivity index (χ1v) is 6.07. The fourth-order valence-corrected chi connectivity index (χ4v) is 2.03. The second kappa shape index (κ2) is 3.86. The van der Waals surface area contributed by atoms with Crippen LogP contribution in [0.3, 0.4) is 0 Å². The van der Waals surface area contributed by atoms with Crippen LogP contribution in [0.2, 0.25) is 0 Å². The monoisotopic (exact) mass is 318 g/mol. The Kier molecular flexibility index (Phi) is 2.85. The summed E-state index contributed by atoms with van der Waals surface area (Å²) < 4.78 is 1.04. The molecule has 0 saturated heterocycles. The van der Waals surface area contributed by atoms with Gasteiger partial charge in [0.1, 0.15) is 0 Å². The fourth-order valence-electron chi connectivity index (χ4n) is 1.75. The van der Waals surface area contributed by atoms with Crippen LogP contribution in [0.4, 0.5) is 5.95 Å². The van der Waals surface area contributed by atoms with Gasteiger partial charge in [0, 0.05) is 33.5 Å². The molecule has 1 aromatic heterocycles. The second-order valence-corrected chi connectivity index (χ2v) is 5.83. The predicted molar refractivity (Wildman–Crippen MR) is 68.5 cm³/mol. The third-order valence-electron chi connectivity index (χ3n) is 3.27. The van der Waals surface area contributed by atoms with Gasteiger partial charge in [-0.05, 0) is 29.0 Å². The average molecular weight is 318 g/mol. The molecule has 5 heteroatoms. The molecule has 0 radical (unpaired) electrons. The van der Waals surface area contributed by atoms with E-state index >= 15 is 0 Å². The normalized spacial score (nSPS) is 28.3. The van der Waals surface area contributed by atoms with E-state index in [1.807, 2.05) is 12.4 Å². The van der Waals surface area contributed by atoms with Crippen LogP contribution in [-0.4, -0.2) is 22.1 Å². The summed E-state index contributed by atoms with van der Waals surface area (Å²) in [7, 11) is 0. The zero-order valence-corrected chi connectivity index (χ0v) is 11.0. The molecule has 82 valence electrons. The van der Waals surface area contributed by atoms with Crippen molar-refractivity contribution in [2.24, 2.45) is 11.1 Å². The minimum absolute atomic E-state index is 0.131. The number of nitrogens with two attached hydrogens (primary N) is 1. The highest BCUT2D eigenvalue weighted by Gasteiger charge is 2.46. The largest absolute Gasteiger partial charge is 0.351 e. The number of nitrogens with one attached hydrogen (secondary N) is 1. The van der Waals surface area contributed by atoms with E-state index in [0.29, 0.717) is 12.0 Å². The molecule has 1 aliphatic carbocycles. The maximum absolute atomic E-state index is 5.94. The summed E-state index contributed by atoms with van der Waals surface area (Å²) in [5.41, 5.74) is 6.07. The van der Waals surface area contributed by atoms with Gasteiger partial charge in [-0.15, -0.1) is 0 Å². The molecule has 1 aromatic rings. The van der Waals surface area contributed by atoms with E-state index in [0.717, 1.165) is 9.99 Å². The molecular weight excluding hydrogens is 303 g/mol. The van der Waals surface area contributed by atoms with Gasteiger partial charge in [0.15, 0.2) is 0 Å². The molecule has 1 saturated carbocycles. The highest BCUT2D eigenvalue weighted by Crippen LogP contribution is 2.40. The van der Waals surface area contributed by atoms with Gasteiger partial charge in [-0.2, -0.15) is 0 Å². The van der Waals surface area contributed by atoms with E-state index in [4.69, 9.17) is 5.73 Å². The standard InChI is InChI=1S/C10H15IN4/c1-10(2)7(12)3-8(10)15-9-13-4-6(11)5-14-9/h4-5,7-8H,3,12H2,1-2H3,(H,13,14,15). The van der Waals surface area contributed by atoms with Gasteiger partial charge >= 0.3 is 0 Å². The zero-order chi connectivity index (χ0) is 11.1. The van der Waals surface area contributed by atoms with Crippen LogP contribution < -0.4 is 11.1 Å². The Labute approximate surface area is 103 Å². The summed E-state index contributed by atoms with van der Waals surface area (Å²) in [5.74, 6) is 0.695. The predicted octanol–water partition coefficient (Wildman–Crippen LogP) is 1.62. The van der Waals surface area contributed by atoms with Crippen molar-refractivity contribution >= 4 is 28.5 Å². The van der Waals surface area contributed by atoms with Crippen LogP contribution >= 0.6 is 22.6 Å². The average Bonchev–Trinajstić information content (AvgIpc) is 2.21. The first-order valence-electron chi connectivity index (χ1n) is 5.00. The summed E-state index contributed by atoms with van der Waals surface area (Å²) in [6.45, 7) is 4.34. The molecule has 0 amide bonds. The molecule has 0 aromatic carbocycles. The molecule has 0 bridgehead atoms. The lowest BCUT2D eigenvalue weighted by Gasteiger charge is -2.50. The lowest BCUT2D eigenvalue weighted by molar-refractivity contribution is 0.116. The molecule has 15 heavy (non-hydrogen) atoms. The van der Waals surface area contributed by atoms with Crippen LogP contribution in [0.25, 0.3) is 0 Å². The maximum atomic E-state index is 5.94. The van der Waals surface area contributed by atoms with Crippen LogP contribution in [0.5, 0.6) is 0 Å². The van der Waals surface area contributed by atoms with E-state index in [1.54, 1.807) is 0 Å². The Balaban J connectivity index is 2.02. The Bertz CT molecular complexity index is 349. The van der Waals surface area contributed by atoms with Gasteiger partial charge in [-0.3, -0.25) is 0 Å². The molecule has 3 N–H and O–H groups in total. The number of halogens is 1. The molecular formula is C10H15IN4. The van der Waals surface area contributed by atoms with Gasteiger partial charge in [-0.25, -0.2) is 9.97 Å². The molecule has 1 fully saturated rings. The second-order valence-electron chi connectivity index (χ2n) is 4.59. The lowest BCUT2D eigenvalue weighted by atomic mass is 9.63. The Morgan fingerprint density at radius 2 is 2.07 bits per heavy atom. The minimum Gasteiger partial charge on any atom is -0.351 e. The van der Waals surface area contributed by atoms with E-state index in [2.05, 4.69) is 51.7 Å².